The molecule has 0 saturated heterocycles. The molecule has 220 valence electrons. The van der Waals surface area contributed by atoms with Gasteiger partial charge in [-0.1, -0.05) is 60.8 Å². The zero-order valence-corrected chi connectivity index (χ0v) is 26.1. The molecule has 0 spiro atoms. The second-order valence-electron chi connectivity index (χ2n) is 10.1. The Morgan fingerprint density at radius 3 is 2.12 bits per heavy atom. The highest BCUT2D eigenvalue weighted by atomic mass is 35.5. The average Bonchev–Trinajstić information content (AvgIpc) is 2.94. The van der Waals surface area contributed by atoms with Crippen molar-refractivity contribution in [3.63, 3.8) is 0 Å². The van der Waals surface area contributed by atoms with Crippen molar-refractivity contribution in [1.29, 1.82) is 0 Å². The minimum atomic E-state index is -4.17. The molecule has 0 aromatic heterocycles. The van der Waals surface area contributed by atoms with Crippen molar-refractivity contribution in [3.8, 4) is 5.75 Å². The van der Waals surface area contributed by atoms with Gasteiger partial charge in [0.05, 0.1) is 27.7 Å². The first-order chi connectivity index (χ1) is 19.3. The van der Waals surface area contributed by atoms with Crippen molar-refractivity contribution in [3.05, 3.63) is 87.9 Å². The van der Waals surface area contributed by atoms with Gasteiger partial charge in [-0.05, 0) is 73.9 Å². The van der Waals surface area contributed by atoms with E-state index in [1.54, 1.807) is 61.5 Å². The largest absolute Gasteiger partial charge is 0.497 e. The van der Waals surface area contributed by atoms with Crippen LogP contribution in [-0.2, 0) is 26.2 Å². The number of methoxy groups -OCH3 is 1. The predicted molar refractivity (Wildman–Crippen MR) is 163 cm³/mol. The molecule has 0 unspecified atom stereocenters. The van der Waals surface area contributed by atoms with Gasteiger partial charge in [0.15, 0.2) is 0 Å². The van der Waals surface area contributed by atoms with Crippen molar-refractivity contribution >= 4 is 50.7 Å². The highest BCUT2D eigenvalue weighted by Crippen LogP contribution is 2.28. The Morgan fingerprint density at radius 2 is 1.56 bits per heavy atom. The molecule has 1 N–H and O–H groups in total. The predicted octanol–water partition coefficient (Wildman–Crippen LogP) is 5.70. The molecule has 0 aliphatic carbocycles. The molecular weight excluding hydrogens is 585 g/mol. The second kappa shape index (κ2) is 14.1. The summed E-state index contributed by atoms with van der Waals surface area (Å²) in [6.07, 6.45) is 0. The Hall–Kier alpha value is -3.27. The minimum absolute atomic E-state index is 0.00696. The number of aryl methyl sites for hydroxylation is 1. The lowest BCUT2D eigenvalue weighted by Crippen LogP contribution is -2.51. The van der Waals surface area contributed by atoms with Crippen LogP contribution in [0.4, 0.5) is 5.69 Å². The number of sulfonamides is 1. The maximum absolute atomic E-state index is 14.0. The molecule has 0 aliphatic rings. The van der Waals surface area contributed by atoms with E-state index in [2.05, 4.69) is 5.32 Å². The SMILES string of the molecule is COc1ccc(N(CC(=O)N(Cc2ccc(Cl)c(Cl)c2)[C@@H](C)C(=O)NCC(C)C)S(=O)(=O)c2ccc(C)cc2)cc1. The molecule has 0 radical (unpaired) electrons. The van der Waals surface area contributed by atoms with Gasteiger partial charge in [0.1, 0.15) is 18.3 Å². The number of ether oxygens (including phenoxy) is 1. The van der Waals surface area contributed by atoms with E-state index in [-0.39, 0.29) is 29.0 Å². The molecule has 11 heteroatoms. The van der Waals surface area contributed by atoms with Gasteiger partial charge < -0.3 is 15.0 Å². The van der Waals surface area contributed by atoms with Crippen LogP contribution < -0.4 is 14.4 Å². The van der Waals surface area contributed by atoms with E-state index < -0.39 is 28.5 Å². The molecule has 3 rings (SSSR count). The Morgan fingerprint density at radius 1 is 0.927 bits per heavy atom. The molecule has 0 saturated carbocycles. The Balaban J connectivity index is 2.03. The number of carbonyl (C=O) groups is 2. The fourth-order valence-corrected chi connectivity index (χ4v) is 5.72. The molecule has 1 atom stereocenters. The number of benzene rings is 3. The number of rotatable bonds is 12. The molecule has 0 bridgehead atoms. The van der Waals surface area contributed by atoms with Crippen LogP contribution in [0.3, 0.4) is 0 Å². The monoisotopic (exact) mass is 619 g/mol. The normalized spacial score (nSPS) is 12.1. The number of halogens is 2. The van der Waals surface area contributed by atoms with Crippen molar-refractivity contribution in [2.24, 2.45) is 5.92 Å². The Bertz CT molecular complexity index is 1460. The van der Waals surface area contributed by atoms with Crippen LogP contribution in [0.2, 0.25) is 10.0 Å². The standard InChI is InChI=1S/C30H35Cl2N3O5S/c1-20(2)17-33-30(37)22(4)34(18-23-8-15-27(31)28(32)16-23)29(36)19-35(24-9-11-25(40-5)12-10-24)41(38,39)26-13-6-21(3)7-14-26/h6-16,20,22H,17-19H2,1-5H3,(H,33,37)/t22-/m0/s1. The summed E-state index contributed by atoms with van der Waals surface area (Å²) in [5, 5.41) is 3.51. The van der Waals surface area contributed by atoms with Crippen molar-refractivity contribution < 1.29 is 22.7 Å². The quantitative estimate of drug-likeness (QED) is 0.281. The van der Waals surface area contributed by atoms with E-state index in [4.69, 9.17) is 27.9 Å². The molecule has 3 aromatic carbocycles. The summed E-state index contributed by atoms with van der Waals surface area (Å²) in [6.45, 7) is 7.28. The first-order valence-corrected chi connectivity index (χ1v) is 15.3. The average molecular weight is 621 g/mol. The van der Waals surface area contributed by atoms with E-state index in [0.29, 0.717) is 27.9 Å². The zero-order chi connectivity index (χ0) is 30.3. The molecule has 2 amide bonds. The van der Waals surface area contributed by atoms with Gasteiger partial charge in [-0.3, -0.25) is 13.9 Å². The zero-order valence-electron chi connectivity index (χ0n) is 23.7. The lowest BCUT2D eigenvalue weighted by Gasteiger charge is -2.32. The number of hydrogen-bond acceptors (Lipinski definition) is 5. The van der Waals surface area contributed by atoms with Gasteiger partial charge >= 0.3 is 0 Å². The van der Waals surface area contributed by atoms with Crippen molar-refractivity contribution in [2.75, 3.05) is 24.5 Å². The number of nitrogens with zero attached hydrogens (tertiary/aromatic N) is 2. The van der Waals surface area contributed by atoms with Crippen LogP contribution >= 0.6 is 23.2 Å². The summed E-state index contributed by atoms with van der Waals surface area (Å²) < 4.78 is 34.0. The third-order valence-electron chi connectivity index (χ3n) is 6.44. The molecule has 0 fully saturated rings. The highest BCUT2D eigenvalue weighted by molar-refractivity contribution is 7.92. The first kappa shape index (κ1) is 32.2. The van der Waals surface area contributed by atoms with Gasteiger partial charge in [0.2, 0.25) is 11.8 Å². The first-order valence-electron chi connectivity index (χ1n) is 13.1. The maximum Gasteiger partial charge on any atom is 0.264 e. The van der Waals surface area contributed by atoms with Gasteiger partial charge in [0, 0.05) is 13.1 Å². The van der Waals surface area contributed by atoms with E-state index >= 15 is 0 Å². The van der Waals surface area contributed by atoms with Gasteiger partial charge in [-0.15, -0.1) is 0 Å². The topological polar surface area (TPSA) is 96.0 Å². The molecule has 0 heterocycles. The van der Waals surface area contributed by atoms with Gasteiger partial charge in [0.25, 0.3) is 10.0 Å². The third-order valence-corrected chi connectivity index (χ3v) is 8.96. The highest BCUT2D eigenvalue weighted by Gasteiger charge is 2.32. The summed E-state index contributed by atoms with van der Waals surface area (Å²) in [5.74, 6) is -0.195. The Kier molecular flexibility index (Phi) is 11.1. The van der Waals surface area contributed by atoms with Crippen LogP contribution in [0, 0.1) is 12.8 Å². The van der Waals surface area contributed by atoms with Gasteiger partial charge in [-0.25, -0.2) is 8.42 Å². The van der Waals surface area contributed by atoms with Crippen LogP contribution in [0.5, 0.6) is 5.75 Å². The van der Waals surface area contributed by atoms with Crippen LogP contribution in [0.1, 0.15) is 31.9 Å². The summed E-state index contributed by atoms with van der Waals surface area (Å²) in [5.41, 5.74) is 1.80. The maximum atomic E-state index is 14.0. The van der Waals surface area contributed by atoms with Crippen LogP contribution in [-0.4, -0.2) is 51.4 Å². The fraction of sp³-hybridized carbons (Fsp3) is 0.333. The summed E-state index contributed by atoms with van der Waals surface area (Å²) in [6, 6.07) is 16.8. The van der Waals surface area contributed by atoms with E-state index in [1.807, 2.05) is 20.8 Å². The van der Waals surface area contributed by atoms with Crippen LogP contribution in [0.15, 0.2) is 71.6 Å². The molecular formula is C30H35Cl2N3O5S. The fourth-order valence-electron chi connectivity index (χ4n) is 3.98. The molecule has 0 aliphatic heterocycles. The van der Waals surface area contributed by atoms with Crippen LogP contribution in [0.25, 0.3) is 0 Å². The lowest BCUT2D eigenvalue weighted by atomic mass is 10.1. The number of amides is 2. The lowest BCUT2D eigenvalue weighted by molar-refractivity contribution is -0.139. The smallest absolute Gasteiger partial charge is 0.264 e. The molecule has 8 nitrogen and oxygen atoms in total. The minimum Gasteiger partial charge on any atom is -0.497 e. The molecule has 3 aromatic rings. The van der Waals surface area contributed by atoms with E-state index in [1.165, 1.54) is 24.1 Å². The summed E-state index contributed by atoms with van der Waals surface area (Å²) >= 11 is 12.3. The Labute approximate surface area is 252 Å². The molecule has 41 heavy (non-hydrogen) atoms. The summed E-state index contributed by atoms with van der Waals surface area (Å²) in [7, 11) is -2.66. The second-order valence-corrected chi connectivity index (χ2v) is 12.8. The number of nitrogens with one attached hydrogen (secondary N) is 1. The van der Waals surface area contributed by atoms with Gasteiger partial charge in [-0.2, -0.15) is 0 Å². The third kappa shape index (κ3) is 8.38. The van der Waals surface area contributed by atoms with Crippen molar-refractivity contribution in [1.82, 2.24) is 10.2 Å². The number of hydrogen-bond donors (Lipinski definition) is 1. The van der Waals surface area contributed by atoms with E-state index in [9.17, 15) is 18.0 Å². The number of carbonyl (C=O) groups excluding carboxylic acids is 2. The summed E-state index contributed by atoms with van der Waals surface area (Å²) in [4.78, 5) is 28.4. The van der Waals surface area contributed by atoms with Crippen molar-refractivity contribution in [2.45, 2.75) is 45.2 Å². The van der Waals surface area contributed by atoms with E-state index in [0.717, 1.165) is 9.87 Å². The number of anilines is 1.